The van der Waals surface area contributed by atoms with Crippen molar-refractivity contribution in [2.75, 3.05) is 0 Å². The first-order valence-electron chi connectivity index (χ1n) is 10.3. The third kappa shape index (κ3) is 5.92. The number of esters is 1. The van der Waals surface area contributed by atoms with Crippen molar-refractivity contribution in [3.05, 3.63) is 96.1 Å². The predicted molar refractivity (Wildman–Crippen MR) is 121 cm³/mol. The zero-order valence-corrected chi connectivity index (χ0v) is 17.2. The van der Waals surface area contributed by atoms with Crippen molar-refractivity contribution >= 4 is 5.97 Å². The molecule has 29 heavy (non-hydrogen) atoms. The van der Waals surface area contributed by atoms with Crippen LogP contribution in [-0.2, 0) is 22.6 Å². The summed E-state index contributed by atoms with van der Waals surface area (Å²) in [6.45, 7) is 4.31. The largest absolute Gasteiger partial charge is 0.458 e. The molecule has 0 saturated carbocycles. The van der Waals surface area contributed by atoms with E-state index in [0.717, 1.165) is 17.5 Å². The van der Waals surface area contributed by atoms with Crippen LogP contribution in [0.3, 0.4) is 0 Å². The maximum absolute atomic E-state index is 11.4. The van der Waals surface area contributed by atoms with E-state index in [0.29, 0.717) is 0 Å². The van der Waals surface area contributed by atoms with Gasteiger partial charge >= 0.3 is 5.97 Å². The third-order valence-electron chi connectivity index (χ3n) is 4.96. The molecule has 0 fully saturated rings. The van der Waals surface area contributed by atoms with E-state index in [9.17, 15) is 4.79 Å². The molecule has 3 aromatic carbocycles. The van der Waals surface area contributed by atoms with Gasteiger partial charge in [-0.3, -0.25) is 0 Å². The van der Waals surface area contributed by atoms with Crippen LogP contribution in [0, 0.1) is 0 Å². The van der Waals surface area contributed by atoms with E-state index in [1.54, 1.807) is 13.0 Å². The molecule has 0 saturated heterocycles. The van der Waals surface area contributed by atoms with Crippen molar-refractivity contribution in [1.29, 1.82) is 0 Å². The van der Waals surface area contributed by atoms with Gasteiger partial charge in [0.15, 0.2) is 0 Å². The van der Waals surface area contributed by atoms with Crippen LogP contribution in [0.1, 0.15) is 37.8 Å². The van der Waals surface area contributed by atoms with E-state index in [2.05, 4.69) is 67.6 Å². The summed E-state index contributed by atoms with van der Waals surface area (Å²) in [5.74, 6) is -0.314. The number of carbonyl (C=O) groups excluding carboxylic acids is 1. The van der Waals surface area contributed by atoms with Crippen molar-refractivity contribution in [1.82, 2.24) is 0 Å². The van der Waals surface area contributed by atoms with E-state index in [1.807, 2.05) is 12.1 Å². The summed E-state index contributed by atoms with van der Waals surface area (Å²) in [4.78, 5) is 11.4. The standard InChI is InChI=1S/C27H28O2/c1-3-5-7-21-8-12-23(13-9-21)25-16-18-26(19-17-25)24-14-10-22(11-15-24)20-29-27(28)6-4-2/h4,6,8-19H,3,5,7,20H2,1-2H3. The van der Waals surface area contributed by atoms with Gasteiger partial charge in [-0.05, 0) is 53.1 Å². The SMILES string of the molecule is CC=CC(=O)OCc1ccc(-c2ccc(-c3ccc(CCCC)cc3)cc2)cc1. The van der Waals surface area contributed by atoms with Gasteiger partial charge in [-0.15, -0.1) is 0 Å². The fourth-order valence-corrected chi connectivity index (χ4v) is 3.23. The number of rotatable bonds is 8. The molecule has 3 rings (SSSR count). The minimum atomic E-state index is -0.314. The number of hydrogen-bond donors (Lipinski definition) is 0. The molecule has 2 nitrogen and oxygen atoms in total. The number of aryl methyl sites for hydroxylation is 1. The second-order valence-corrected chi connectivity index (χ2v) is 7.18. The lowest BCUT2D eigenvalue weighted by Gasteiger charge is -2.08. The molecule has 0 aliphatic heterocycles. The molecule has 0 heterocycles. The molecule has 2 heteroatoms. The molecule has 3 aromatic rings. The van der Waals surface area contributed by atoms with Crippen LogP contribution < -0.4 is 0 Å². The van der Waals surface area contributed by atoms with Crippen molar-refractivity contribution in [2.45, 2.75) is 39.7 Å². The Morgan fingerprint density at radius 3 is 1.66 bits per heavy atom. The van der Waals surface area contributed by atoms with Crippen LogP contribution in [-0.4, -0.2) is 5.97 Å². The smallest absolute Gasteiger partial charge is 0.330 e. The fourth-order valence-electron chi connectivity index (χ4n) is 3.23. The van der Waals surface area contributed by atoms with Gasteiger partial charge in [0.2, 0.25) is 0 Å². The summed E-state index contributed by atoms with van der Waals surface area (Å²) >= 11 is 0. The first kappa shape index (κ1) is 20.6. The van der Waals surface area contributed by atoms with Crippen LogP contribution >= 0.6 is 0 Å². The molecule has 0 bridgehead atoms. The topological polar surface area (TPSA) is 26.3 Å². The van der Waals surface area contributed by atoms with E-state index >= 15 is 0 Å². The Labute approximate surface area is 173 Å². The van der Waals surface area contributed by atoms with E-state index < -0.39 is 0 Å². The molecule has 0 unspecified atom stereocenters. The highest BCUT2D eigenvalue weighted by atomic mass is 16.5. The van der Waals surface area contributed by atoms with Gasteiger partial charge in [-0.25, -0.2) is 4.79 Å². The zero-order chi connectivity index (χ0) is 20.5. The van der Waals surface area contributed by atoms with Crippen molar-refractivity contribution in [3.63, 3.8) is 0 Å². The molecular formula is C27H28O2. The number of carbonyl (C=O) groups is 1. The molecule has 0 amide bonds. The van der Waals surface area contributed by atoms with Crippen LogP contribution in [0.25, 0.3) is 22.3 Å². The average Bonchev–Trinajstić information content (AvgIpc) is 2.77. The Hall–Kier alpha value is -3.13. The first-order chi connectivity index (χ1) is 14.2. The minimum absolute atomic E-state index is 0.288. The van der Waals surface area contributed by atoms with Crippen molar-refractivity contribution in [3.8, 4) is 22.3 Å². The molecule has 0 spiro atoms. The second-order valence-electron chi connectivity index (χ2n) is 7.18. The predicted octanol–water partition coefficient (Wildman–Crippen LogP) is 6.98. The molecule has 0 N–H and O–H groups in total. The van der Waals surface area contributed by atoms with E-state index in [-0.39, 0.29) is 12.6 Å². The Balaban J connectivity index is 1.64. The number of hydrogen-bond acceptors (Lipinski definition) is 2. The number of unbranched alkanes of at least 4 members (excludes halogenated alkanes) is 1. The quantitative estimate of drug-likeness (QED) is 0.309. The molecule has 0 aliphatic carbocycles. The molecule has 0 aromatic heterocycles. The highest BCUT2D eigenvalue weighted by Crippen LogP contribution is 2.26. The average molecular weight is 385 g/mol. The van der Waals surface area contributed by atoms with Gasteiger partial charge in [0.1, 0.15) is 6.61 Å². The lowest BCUT2D eigenvalue weighted by Crippen LogP contribution is -2.00. The van der Waals surface area contributed by atoms with Gasteiger partial charge < -0.3 is 4.74 Å². The normalized spacial score (nSPS) is 11.0. The fraction of sp³-hybridized carbons (Fsp3) is 0.222. The number of allylic oxidation sites excluding steroid dienone is 1. The molecule has 0 aliphatic rings. The Kier molecular flexibility index (Phi) is 7.40. The first-order valence-corrected chi connectivity index (χ1v) is 10.3. The monoisotopic (exact) mass is 384 g/mol. The summed E-state index contributed by atoms with van der Waals surface area (Å²) in [6.07, 6.45) is 6.72. The van der Waals surface area contributed by atoms with Crippen LogP contribution in [0.15, 0.2) is 84.9 Å². The highest BCUT2D eigenvalue weighted by Gasteiger charge is 2.03. The highest BCUT2D eigenvalue weighted by molar-refractivity contribution is 5.81. The maximum atomic E-state index is 11.4. The van der Waals surface area contributed by atoms with Crippen LogP contribution in [0.4, 0.5) is 0 Å². The third-order valence-corrected chi connectivity index (χ3v) is 4.96. The van der Waals surface area contributed by atoms with Crippen LogP contribution in [0.5, 0.6) is 0 Å². The zero-order valence-electron chi connectivity index (χ0n) is 17.2. The van der Waals surface area contributed by atoms with Gasteiger partial charge in [0, 0.05) is 6.08 Å². The Bertz CT molecular complexity index is 933. The summed E-state index contributed by atoms with van der Waals surface area (Å²) in [5.41, 5.74) is 7.18. The summed E-state index contributed by atoms with van der Waals surface area (Å²) in [5, 5.41) is 0. The second kappa shape index (κ2) is 10.4. The van der Waals surface area contributed by atoms with Crippen LogP contribution in [0.2, 0.25) is 0 Å². The van der Waals surface area contributed by atoms with Crippen molar-refractivity contribution in [2.24, 2.45) is 0 Å². The lowest BCUT2D eigenvalue weighted by atomic mass is 9.98. The van der Waals surface area contributed by atoms with Crippen molar-refractivity contribution < 1.29 is 9.53 Å². The number of ether oxygens (including phenoxy) is 1. The summed E-state index contributed by atoms with van der Waals surface area (Å²) < 4.78 is 5.18. The Morgan fingerprint density at radius 1 is 0.759 bits per heavy atom. The maximum Gasteiger partial charge on any atom is 0.330 e. The van der Waals surface area contributed by atoms with E-state index in [1.165, 1.54) is 41.2 Å². The summed E-state index contributed by atoms with van der Waals surface area (Å²) in [7, 11) is 0. The van der Waals surface area contributed by atoms with Gasteiger partial charge in [0.25, 0.3) is 0 Å². The number of benzene rings is 3. The summed E-state index contributed by atoms with van der Waals surface area (Å²) in [6, 6.07) is 25.7. The molecule has 0 radical (unpaired) electrons. The van der Waals surface area contributed by atoms with Gasteiger partial charge in [-0.1, -0.05) is 92.2 Å². The molecule has 148 valence electrons. The van der Waals surface area contributed by atoms with E-state index in [4.69, 9.17) is 4.74 Å². The van der Waals surface area contributed by atoms with Gasteiger partial charge in [-0.2, -0.15) is 0 Å². The Morgan fingerprint density at radius 2 is 1.21 bits per heavy atom. The molecular weight excluding hydrogens is 356 g/mol. The lowest BCUT2D eigenvalue weighted by molar-refractivity contribution is -0.139. The molecule has 0 atom stereocenters. The van der Waals surface area contributed by atoms with Gasteiger partial charge in [0.05, 0.1) is 0 Å². The minimum Gasteiger partial charge on any atom is -0.458 e.